The Hall–Kier alpha value is -2.62. The SMILES string of the molecule is O=C(/C=C/c1cccnc1)NCc1ccccc1O. The fourth-order valence-electron chi connectivity index (χ4n) is 1.55. The highest BCUT2D eigenvalue weighted by Gasteiger charge is 2.00. The van der Waals surface area contributed by atoms with E-state index in [9.17, 15) is 9.90 Å². The number of amides is 1. The Balaban J connectivity index is 1.89. The number of nitrogens with zero attached hydrogens (tertiary/aromatic N) is 1. The number of hydrogen-bond donors (Lipinski definition) is 2. The molecule has 0 bridgehead atoms. The molecule has 0 aliphatic heterocycles. The number of pyridine rings is 1. The number of nitrogens with one attached hydrogen (secondary N) is 1. The Labute approximate surface area is 111 Å². The van der Waals surface area contributed by atoms with E-state index in [0.717, 1.165) is 5.56 Å². The Morgan fingerprint density at radius 3 is 2.84 bits per heavy atom. The van der Waals surface area contributed by atoms with Crippen LogP contribution in [0.15, 0.2) is 54.9 Å². The van der Waals surface area contributed by atoms with Crippen LogP contribution in [-0.2, 0) is 11.3 Å². The van der Waals surface area contributed by atoms with E-state index in [-0.39, 0.29) is 11.7 Å². The first-order valence-corrected chi connectivity index (χ1v) is 5.88. The lowest BCUT2D eigenvalue weighted by Crippen LogP contribution is -2.20. The van der Waals surface area contributed by atoms with Gasteiger partial charge in [0.25, 0.3) is 0 Å². The second kappa shape index (κ2) is 6.35. The Morgan fingerprint density at radius 2 is 2.11 bits per heavy atom. The molecule has 2 aromatic rings. The Kier molecular flexibility index (Phi) is 4.29. The van der Waals surface area contributed by atoms with Gasteiger partial charge in [0.2, 0.25) is 5.91 Å². The second-order valence-electron chi connectivity index (χ2n) is 3.97. The van der Waals surface area contributed by atoms with Gasteiger partial charge < -0.3 is 10.4 Å². The molecule has 4 heteroatoms. The summed E-state index contributed by atoms with van der Waals surface area (Å²) in [5.41, 5.74) is 1.55. The van der Waals surface area contributed by atoms with Crippen LogP contribution in [0.25, 0.3) is 6.08 Å². The van der Waals surface area contributed by atoms with E-state index in [0.29, 0.717) is 12.1 Å². The van der Waals surface area contributed by atoms with Crippen LogP contribution in [-0.4, -0.2) is 16.0 Å². The summed E-state index contributed by atoms with van der Waals surface area (Å²) in [6.45, 7) is 0.295. The third kappa shape index (κ3) is 3.96. The number of carbonyl (C=O) groups is 1. The summed E-state index contributed by atoms with van der Waals surface area (Å²) >= 11 is 0. The van der Waals surface area contributed by atoms with Crippen molar-refractivity contribution >= 4 is 12.0 Å². The zero-order valence-electron chi connectivity index (χ0n) is 10.3. The third-order valence-corrected chi connectivity index (χ3v) is 2.56. The van der Waals surface area contributed by atoms with Gasteiger partial charge in [0.1, 0.15) is 5.75 Å². The summed E-state index contributed by atoms with van der Waals surface area (Å²) in [7, 11) is 0. The summed E-state index contributed by atoms with van der Waals surface area (Å²) in [5, 5.41) is 12.3. The zero-order valence-corrected chi connectivity index (χ0v) is 10.3. The molecule has 2 rings (SSSR count). The Morgan fingerprint density at radius 1 is 1.26 bits per heavy atom. The molecule has 4 nitrogen and oxygen atoms in total. The zero-order chi connectivity index (χ0) is 13.5. The molecule has 0 unspecified atom stereocenters. The standard InChI is InChI=1S/C15H14N2O2/c18-14-6-2-1-5-13(14)11-17-15(19)8-7-12-4-3-9-16-10-12/h1-10,18H,11H2,(H,17,19)/b8-7+. The fraction of sp³-hybridized carbons (Fsp3) is 0.0667. The van der Waals surface area contributed by atoms with Crippen molar-refractivity contribution in [1.82, 2.24) is 10.3 Å². The van der Waals surface area contributed by atoms with Crippen LogP contribution < -0.4 is 5.32 Å². The third-order valence-electron chi connectivity index (χ3n) is 2.56. The van der Waals surface area contributed by atoms with Crippen LogP contribution in [0.4, 0.5) is 0 Å². The van der Waals surface area contributed by atoms with Crippen LogP contribution in [0.5, 0.6) is 5.75 Å². The van der Waals surface area contributed by atoms with Gasteiger partial charge in [0, 0.05) is 30.6 Å². The Bertz CT molecular complexity index is 580. The highest BCUT2D eigenvalue weighted by Crippen LogP contribution is 2.14. The van der Waals surface area contributed by atoms with E-state index in [2.05, 4.69) is 10.3 Å². The molecule has 2 N–H and O–H groups in total. The molecule has 0 aliphatic rings. The molecular formula is C15H14N2O2. The number of para-hydroxylation sites is 1. The molecule has 0 aliphatic carbocycles. The van der Waals surface area contributed by atoms with Gasteiger partial charge in [-0.3, -0.25) is 9.78 Å². The fourth-order valence-corrected chi connectivity index (χ4v) is 1.55. The summed E-state index contributed by atoms with van der Waals surface area (Å²) in [4.78, 5) is 15.6. The molecular weight excluding hydrogens is 240 g/mol. The van der Waals surface area contributed by atoms with Crippen molar-refractivity contribution in [3.05, 3.63) is 66.0 Å². The minimum Gasteiger partial charge on any atom is -0.508 e. The lowest BCUT2D eigenvalue weighted by molar-refractivity contribution is -0.116. The smallest absolute Gasteiger partial charge is 0.244 e. The van der Waals surface area contributed by atoms with Gasteiger partial charge in [-0.25, -0.2) is 0 Å². The normalized spacial score (nSPS) is 10.5. The largest absolute Gasteiger partial charge is 0.508 e. The maximum atomic E-state index is 11.6. The first-order chi connectivity index (χ1) is 9.25. The monoisotopic (exact) mass is 254 g/mol. The maximum Gasteiger partial charge on any atom is 0.244 e. The van der Waals surface area contributed by atoms with Crippen molar-refractivity contribution in [2.75, 3.05) is 0 Å². The van der Waals surface area contributed by atoms with E-state index in [1.807, 2.05) is 12.1 Å². The molecule has 1 amide bonds. The molecule has 0 atom stereocenters. The van der Waals surface area contributed by atoms with Gasteiger partial charge in [-0.05, 0) is 23.8 Å². The van der Waals surface area contributed by atoms with Gasteiger partial charge in [-0.2, -0.15) is 0 Å². The molecule has 0 saturated heterocycles. The predicted octanol–water partition coefficient (Wildman–Crippen LogP) is 2.12. The molecule has 0 spiro atoms. The lowest BCUT2D eigenvalue weighted by atomic mass is 10.2. The summed E-state index contributed by atoms with van der Waals surface area (Å²) in [5.74, 6) is -0.0360. The molecule has 0 fully saturated rings. The van der Waals surface area contributed by atoms with Crippen molar-refractivity contribution in [3.8, 4) is 5.75 Å². The second-order valence-corrected chi connectivity index (χ2v) is 3.97. The number of aromatic nitrogens is 1. The van der Waals surface area contributed by atoms with Crippen LogP contribution in [0.2, 0.25) is 0 Å². The molecule has 19 heavy (non-hydrogen) atoms. The van der Waals surface area contributed by atoms with Crippen LogP contribution in [0, 0.1) is 0 Å². The molecule has 1 aromatic carbocycles. The maximum absolute atomic E-state index is 11.6. The van der Waals surface area contributed by atoms with E-state index in [4.69, 9.17) is 0 Å². The highest BCUT2D eigenvalue weighted by molar-refractivity contribution is 5.91. The van der Waals surface area contributed by atoms with Gasteiger partial charge in [0.05, 0.1) is 0 Å². The number of rotatable bonds is 4. The topological polar surface area (TPSA) is 62.2 Å². The van der Waals surface area contributed by atoms with Crippen molar-refractivity contribution in [2.24, 2.45) is 0 Å². The minimum atomic E-state index is -0.216. The summed E-state index contributed by atoms with van der Waals surface area (Å²) < 4.78 is 0. The summed E-state index contributed by atoms with van der Waals surface area (Å²) in [6.07, 6.45) is 6.48. The first kappa shape index (κ1) is 12.8. The van der Waals surface area contributed by atoms with Crippen molar-refractivity contribution in [2.45, 2.75) is 6.54 Å². The van der Waals surface area contributed by atoms with Gasteiger partial charge >= 0.3 is 0 Å². The van der Waals surface area contributed by atoms with Crippen molar-refractivity contribution < 1.29 is 9.90 Å². The lowest BCUT2D eigenvalue weighted by Gasteiger charge is -2.04. The molecule has 96 valence electrons. The van der Waals surface area contributed by atoms with E-state index in [1.54, 1.807) is 42.7 Å². The number of carbonyl (C=O) groups excluding carboxylic acids is 1. The quantitative estimate of drug-likeness (QED) is 0.821. The van der Waals surface area contributed by atoms with Crippen LogP contribution >= 0.6 is 0 Å². The highest BCUT2D eigenvalue weighted by atomic mass is 16.3. The van der Waals surface area contributed by atoms with Crippen LogP contribution in [0.1, 0.15) is 11.1 Å². The summed E-state index contributed by atoms with van der Waals surface area (Å²) in [6, 6.07) is 10.6. The number of hydrogen-bond acceptors (Lipinski definition) is 3. The molecule has 0 radical (unpaired) electrons. The number of aromatic hydroxyl groups is 1. The van der Waals surface area contributed by atoms with E-state index in [1.165, 1.54) is 6.08 Å². The first-order valence-electron chi connectivity index (χ1n) is 5.88. The molecule has 1 heterocycles. The predicted molar refractivity (Wildman–Crippen MR) is 73.2 cm³/mol. The number of phenolic OH excluding ortho intramolecular Hbond substituents is 1. The number of phenols is 1. The molecule has 1 aromatic heterocycles. The minimum absolute atomic E-state index is 0.180. The number of benzene rings is 1. The van der Waals surface area contributed by atoms with Crippen molar-refractivity contribution in [3.63, 3.8) is 0 Å². The van der Waals surface area contributed by atoms with Crippen LogP contribution in [0.3, 0.4) is 0 Å². The van der Waals surface area contributed by atoms with E-state index < -0.39 is 0 Å². The average Bonchev–Trinajstić information content (AvgIpc) is 2.45. The average molecular weight is 254 g/mol. The van der Waals surface area contributed by atoms with Gasteiger partial charge in [0.15, 0.2) is 0 Å². The molecule has 0 saturated carbocycles. The van der Waals surface area contributed by atoms with Gasteiger partial charge in [-0.15, -0.1) is 0 Å². The van der Waals surface area contributed by atoms with Crippen molar-refractivity contribution in [1.29, 1.82) is 0 Å². The van der Waals surface area contributed by atoms with E-state index >= 15 is 0 Å². The van der Waals surface area contributed by atoms with Gasteiger partial charge in [-0.1, -0.05) is 24.3 Å².